The van der Waals surface area contributed by atoms with Crippen LogP contribution < -0.4 is 15.6 Å². The van der Waals surface area contributed by atoms with Crippen molar-refractivity contribution in [3.63, 3.8) is 0 Å². The van der Waals surface area contributed by atoms with Crippen molar-refractivity contribution in [2.24, 2.45) is 10.9 Å². The molecule has 1 rings (SSSR count). The van der Waals surface area contributed by atoms with Crippen LogP contribution in [0.25, 0.3) is 0 Å². The van der Waals surface area contributed by atoms with Crippen molar-refractivity contribution in [3.05, 3.63) is 0 Å². The SMILES string of the molecule is CN1CCC(NS(N)(=O)=O)(C(N)=S)CC1. The molecule has 1 aliphatic heterocycles. The Morgan fingerprint density at radius 3 is 2.27 bits per heavy atom. The molecule has 1 saturated heterocycles. The van der Waals surface area contributed by atoms with E-state index < -0.39 is 15.7 Å². The highest BCUT2D eigenvalue weighted by Crippen LogP contribution is 2.22. The van der Waals surface area contributed by atoms with E-state index >= 15 is 0 Å². The minimum atomic E-state index is -3.78. The molecule has 5 N–H and O–H groups in total. The first-order valence-corrected chi connectivity index (χ1v) is 6.51. The van der Waals surface area contributed by atoms with Crippen LogP contribution in [0.2, 0.25) is 0 Å². The van der Waals surface area contributed by atoms with Crippen LogP contribution in [0.1, 0.15) is 12.8 Å². The average molecular weight is 252 g/mol. The molecule has 0 saturated carbocycles. The minimum absolute atomic E-state index is 0.157. The highest BCUT2D eigenvalue weighted by molar-refractivity contribution is 7.87. The van der Waals surface area contributed by atoms with Crippen molar-refractivity contribution >= 4 is 27.4 Å². The molecule has 0 aromatic carbocycles. The number of hydrogen-bond donors (Lipinski definition) is 3. The van der Waals surface area contributed by atoms with E-state index in [1.54, 1.807) is 0 Å². The van der Waals surface area contributed by atoms with Gasteiger partial charge in [-0.15, -0.1) is 0 Å². The van der Waals surface area contributed by atoms with Crippen LogP contribution in [0.4, 0.5) is 0 Å². The third-order valence-corrected chi connectivity index (χ3v) is 3.72. The Morgan fingerprint density at radius 2 is 1.93 bits per heavy atom. The summed E-state index contributed by atoms with van der Waals surface area (Å²) in [6.07, 6.45) is 1.10. The van der Waals surface area contributed by atoms with Crippen molar-refractivity contribution in [1.29, 1.82) is 0 Å². The lowest BCUT2D eigenvalue weighted by Crippen LogP contribution is -2.62. The van der Waals surface area contributed by atoms with Crippen LogP contribution >= 0.6 is 12.2 Å². The van der Waals surface area contributed by atoms with E-state index in [0.29, 0.717) is 12.8 Å². The molecule has 88 valence electrons. The van der Waals surface area contributed by atoms with E-state index in [-0.39, 0.29) is 4.99 Å². The zero-order chi connectivity index (χ0) is 11.7. The van der Waals surface area contributed by atoms with Crippen LogP contribution in [-0.4, -0.2) is 44.0 Å². The number of nitrogens with zero attached hydrogens (tertiary/aromatic N) is 1. The van der Waals surface area contributed by atoms with Gasteiger partial charge in [-0.05, 0) is 19.9 Å². The van der Waals surface area contributed by atoms with E-state index in [2.05, 4.69) is 9.62 Å². The first kappa shape index (κ1) is 12.8. The summed E-state index contributed by atoms with van der Waals surface area (Å²) in [5, 5.41) is 4.96. The fourth-order valence-corrected chi connectivity index (χ4v) is 2.85. The summed E-state index contributed by atoms with van der Waals surface area (Å²) in [5.41, 5.74) is 4.73. The topological polar surface area (TPSA) is 101 Å². The van der Waals surface area contributed by atoms with Gasteiger partial charge in [-0.3, -0.25) is 0 Å². The second-order valence-corrected chi connectivity index (χ2v) is 5.63. The fourth-order valence-electron chi connectivity index (χ4n) is 1.67. The molecule has 0 bridgehead atoms. The third-order valence-electron chi connectivity index (χ3n) is 2.65. The molecule has 1 aliphatic rings. The summed E-state index contributed by atoms with van der Waals surface area (Å²) < 4.78 is 24.4. The standard InChI is InChI=1S/C7H16N4O2S2/c1-11-4-2-7(3-5-11,6(8)14)10-15(9,12)13/h10H,2-5H2,1H3,(H2,8,14)(H2,9,12,13). The molecule has 15 heavy (non-hydrogen) atoms. The Kier molecular flexibility index (Phi) is 3.67. The van der Waals surface area contributed by atoms with Crippen molar-refractivity contribution in [2.45, 2.75) is 18.4 Å². The molecule has 1 heterocycles. The number of nitrogens with two attached hydrogens (primary N) is 2. The molecule has 0 aromatic rings. The first-order chi connectivity index (χ1) is 6.75. The molecule has 0 spiro atoms. The van der Waals surface area contributed by atoms with E-state index in [1.807, 2.05) is 7.05 Å². The van der Waals surface area contributed by atoms with Gasteiger partial charge in [0.1, 0.15) is 0 Å². The zero-order valence-corrected chi connectivity index (χ0v) is 10.2. The molecular weight excluding hydrogens is 236 g/mol. The smallest absolute Gasteiger partial charge is 0.275 e. The molecular formula is C7H16N4O2S2. The second-order valence-electron chi connectivity index (χ2n) is 3.90. The predicted molar refractivity (Wildman–Crippen MR) is 62.5 cm³/mol. The molecule has 1 fully saturated rings. The molecule has 0 aliphatic carbocycles. The largest absolute Gasteiger partial charge is 0.392 e. The number of likely N-dealkylation sites (tertiary alicyclic amines) is 1. The molecule has 8 heteroatoms. The van der Waals surface area contributed by atoms with Gasteiger partial charge in [-0.2, -0.15) is 13.1 Å². The Bertz CT molecular complexity index is 346. The first-order valence-electron chi connectivity index (χ1n) is 4.55. The van der Waals surface area contributed by atoms with E-state index in [9.17, 15) is 8.42 Å². The van der Waals surface area contributed by atoms with Crippen LogP contribution in [0.15, 0.2) is 0 Å². The number of rotatable bonds is 3. The average Bonchev–Trinajstić information content (AvgIpc) is 2.06. The van der Waals surface area contributed by atoms with Crippen molar-refractivity contribution in [2.75, 3.05) is 20.1 Å². The van der Waals surface area contributed by atoms with Crippen LogP contribution in [0, 0.1) is 0 Å². The summed E-state index contributed by atoms with van der Waals surface area (Å²) in [4.78, 5) is 2.24. The Morgan fingerprint density at radius 1 is 1.47 bits per heavy atom. The van der Waals surface area contributed by atoms with E-state index in [1.165, 1.54) is 0 Å². The monoisotopic (exact) mass is 252 g/mol. The molecule has 0 aromatic heterocycles. The van der Waals surface area contributed by atoms with Gasteiger partial charge in [0, 0.05) is 13.1 Å². The van der Waals surface area contributed by atoms with Crippen molar-refractivity contribution < 1.29 is 8.42 Å². The van der Waals surface area contributed by atoms with Gasteiger partial charge in [-0.25, -0.2) is 5.14 Å². The van der Waals surface area contributed by atoms with Gasteiger partial charge in [0.2, 0.25) is 0 Å². The van der Waals surface area contributed by atoms with Crippen LogP contribution in [0.3, 0.4) is 0 Å². The van der Waals surface area contributed by atoms with Crippen LogP contribution in [-0.2, 0) is 10.2 Å². The van der Waals surface area contributed by atoms with Gasteiger partial charge in [0.15, 0.2) is 0 Å². The molecule has 0 amide bonds. The van der Waals surface area contributed by atoms with Gasteiger partial charge < -0.3 is 10.6 Å². The number of nitrogens with one attached hydrogen (secondary N) is 1. The van der Waals surface area contributed by atoms with Gasteiger partial charge >= 0.3 is 0 Å². The second kappa shape index (κ2) is 4.30. The lowest BCUT2D eigenvalue weighted by atomic mass is 9.89. The Labute approximate surface area is 95.2 Å². The normalized spacial score (nSPS) is 22.5. The summed E-state index contributed by atoms with van der Waals surface area (Å²) in [6, 6.07) is 0. The number of thiocarbonyl (C=S) groups is 1. The quantitative estimate of drug-likeness (QED) is 0.532. The van der Waals surface area contributed by atoms with E-state index in [0.717, 1.165) is 13.1 Å². The summed E-state index contributed by atoms with van der Waals surface area (Å²) in [7, 11) is -1.82. The summed E-state index contributed by atoms with van der Waals surface area (Å²) >= 11 is 4.91. The highest BCUT2D eigenvalue weighted by Gasteiger charge is 2.39. The van der Waals surface area contributed by atoms with Crippen LogP contribution in [0.5, 0.6) is 0 Å². The van der Waals surface area contributed by atoms with Crippen molar-refractivity contribution in [1.82, 2.24) is 9.62 Å². The maximum absolute atomic E-state index is 11.0. The fraction of sp³-hybridized carbons (Fsp3) is 0.857. The molecule has 6 nitrogen and oxygen atoms in total. The molecule has 0 radical (unpaired) electrons. The highest BCUT2D eigenvalue weighted by atomic mass is 32.2. The maximum atomic E-state index is 11.0. The van der Waals surface area contributed by atoms with Gasteiger partial charge in [0.25, 0.3) is 10.2 Å². The number of piperidine rings is 1. The lowest BCUT2D eigenvalue weighted by molar-refractivity contribution is 0.220. The number of hydrogen-bond acceptors (Lipinski definition) is 4. The van der Waals surface area contributed by atoms with Gasteiger partial charge in [-0.1, -0.05) is 12.2 Å². The van der Waals surface area contributed by atoms with Gasteiger partial charge in [0.05, 0.1) is 10.5 Å². The Balaban J connectivity index is 2.86. The zero-order valence-electron chi connectivity index (χ0n) is 8.56. The summed E-state index contributed by atoms with van der Waals surface area (Å²) in [6.45, 7) is 1.47. The summed E-state index contributed by atoms with van der Waals surface area (Å²) in [5.74, 6) is 0. The predicted octanol–water partition coefficient (Wildman–Crippen LogP) is -1.47. The Hall–Kier alpha value is -0.280. The van der Waals surface area contributed by atoms with Crippen molar-refractivity contribution in [3.8, 4) is 0 Å². The lowest BCUT2D eigenvalue weighted by Gasteiger charge is -2.39. The van der Waals surface area contributed by atoms with E-state index in [4.69, 9.17) is 23.1 Å². The third kappa shape index (κ3) is 3.35. The maximum Gasteiger partial charge on any atom is 0.275 e. The molecule has 0 unspecified atom stereocenters. The molecule has 0 atom stereocenters. The minimum Gasteiger partial charge on any atom is -0.392 e.